The number of amides is 2. The van der Waals surface area contributed by atoms with E-state index >= 15 is 0 Å². The molecule has 2 heterocycles. The maximum atomic E-state index is 13.5. The lowest BCUT2D eigenvalue weighted by atomic mass is 10.1. The lowest BCUT2D eigenvalue weighted by molar-refractivity contribution is -0.122. The van der Waals surface area contributed by atoms with Gasteiger partial charge in [-0.3, -0.25) is 9.59 Å². The van der Waals surface area contributed by atoms with Crippen molar-refractivity contribution in [3.05, 3.63) is 47.5 Å². The first kappa shape index (κ1) is 21.3. The number of benzene rings is 2. The molecule has 2 aromatic rings. The number of sulfonamides is 1. The zero-order valence-electron chi connectivity index (χ0n) is 17.6. The number of nitrogens with zero attached hydrogens (tertiary/aromatic N) is 1. The van der Waals surface area contributed by atoms with Crippen LogP contribution in [0.2, 0.25) is 0 Å². The molecule has 164 valence electrons. The first-order chi connectivity index (χ1) is 14.7. The Bertz CT molecular complexity index is 1140. The Hall–Kier alpha value is -2.91. The van der Waals surface area contributed by atoms with Crippen LogP contribution in [0.25, 0.3) is 0 Å². The van der Waals surface area contributed by atoms with Crippen molar-refractivity contribution in [2.24, 2.45) is 0 Å². The summed E-state index contributed by atoms with van der Waals surface area (Å²) in [6, 6.07) is 9.58. The van der Waals surface area contributed by atoms with E-state index in [9.17, 15) is 18.0 Å². The first-order valence-electron chi connectivity index (χ1n) is 10.2. The Balaban J connectivity index is 1.62. The van der Waals surface area contributed by atoms with Gasteiger partial charge in [-0.05, 0) is 57.4 Å². The number of anilines is 2. The quantitative estimate of drug-likeness (QED) is 0.756. The van der Waals surface area contributed by atoms with E-state index in [0.29, 0.717) is 35.5 Å². The van der Waals surface area contributed by atoms with Crippen molar-refractivity contribution in [3.8, 4) is 5.75 Å². The molecule has 2 amide bonds. The van der Waals surface area contributed by atoms with Gasteiger partial charge in [0.1, 0.15) is 11.8 Å². The van der Waals surface area contributed by atoms with Crippen LogP contribution in [-0.4, -0.2) is 43.2 Å². The number of rotatable bonds is 4. The summed E-state index contributed by atoms with van der Waals surface area (Å²) in [7, 11) is -3.95. The van der Waals surface area contributed by atoms with Gasteiger partial charge in [0.2, 0.25) is 15.9 Å². The largest absolute Gasteiger partial charge is 0.479 e. The summed E-state index contributed by atoms with van der Waals surface area (Å²) in [5.74, 6) is -0.330. The number of carbonyl (C=O) groups is 2. The van der Waals surface area contributed by atoms with Crippen molar-refractivity contribution in [1.82, 2.24) is 4.31 Å². The highest BCUT2D eigenvalue weighted by atomic mass is 32.2. The van der Waals surface area contributed by atoms with Gasteiger partial charge in [0, 0.05) is 18.3 Å². The van der Waals surface area contributed by atoms with Crippen LogP contribution >= 0.6 is 0 Å². The highest BCUT2D eigenvalue weighted by Crippen LogP contribution is 2.37. The second kappa shape index (κ2) is 7.97. The molecule has 31 heavy (non-hydrogen) atoms. The van der Waals surface area contributed by atoms with Crippen molar-refractivity contribution in [3.63, 3.8) is 0 Å². The molecule has 2 aromatic carbocycles. The van der Waals surface area contributed by atoms with Crippen molar-refractivity contribution in [2.45, 2.75) is 50.7 Å². The molecule has 1 saturated heterocycles. The number of carbonyl (C=O) groups excluding carboxylic acids is 2. The third-order valence-electron chi connectivity index (χ3n) is 5.62. The number of nitrogens with one attached hydrogen (secondary N) is 2. The Morgan fingerprint density at radius 3 is 2.61 bits per heavy atom. The fraction of sp³-hybridized carbons (Fsp3) is 0.364. The number of hydrogen-bond donors (Lipinski definition) is 2. The van der Waals surface area contributed by atoms with Crippen LogP contribution in [0.3, 0.4) is 0 Å². The van der Waals surface area contributed by atoms with Gasteiger partial charge in [-0.2, -0.15) is 4.31 Å². The number of hydrogen-bond acceptors (Lipinski definition) is 5. The van der Waals surface area contributed by atoms with E-state index in [0.717, 1.165) is 5.56 Å². The van der Waals surface area contributed by atoms with Gasteiger partial charge in [0.25, 0.3) is 5.91 Å². The third-order valence-corrected chi connectivity index (χ3v) is 7.67. The van der Waals surface area contributed by atoms with E-state index < -0.39 is 22.2 Å². The molecule has 0 saturated carbocycles. The molecule has 0 aromatic heterocycles. The first-order valence-corrected chi connectivity index (χ1v) is 11.6. The van der Waals surface area contributed by atoms with E-state index in [1.54, 1.807) is 32.0 Å². The molecule has 9 heteroatoms. The lowest BCUT2D eigenvalue weighted by Gasteiger charge is -2.27. The van der Waals surface area contributed by atoms with E-state index in [4.69, 9.17) is 4.74 Å². The molecule has 2 aliphatic rings. The molecule has 2 atom stereocenters. The summed E-state index contributed by atoms with van der Waals surface area (Å²) in [6.07, 6.45) is 0.328. The van der Waals surface area contributed by atoms with Gasteiger partial charge < -0.3 is 15.4 Å². The van der Waals surface area contributed by atoms with Crippen LogP contribution in [0.1, 0.15) is 30.9 Å². The smallest absolute Gasteiger partial charge is 0.265 e. The molecule has 0 radical (unpaired) electrons. The topological polar surface area (TPSA) is 105 Å². The minimum atomic E-state index is -3.95. The standard InChI is InChI=1S/C22H25N3O5S/c1-13-6-8-16(9-7-13)23-22(27)18-5-4-10-25(18)31(28,29)20-12-19-17(11-14(20)2)24-21(26)15(3)30-19/h6-9,11-12,15,18H,4-5,10H2,1-3H3,(H,23,27)(H,24,26)/t15-,18-/m1/s1. The maximum absolute atomic E-state index is 13.5. The van der Waals surface area contributed by atoms with Gasteiger partial charge in [0.05, 0.1) is 10.6 Å². The van der Waals surface area contributed by atoms with E-state index in [1.807, 2.05) is 19.1 Å². The van der Waals surface area contributed by atoms with Crippen LogP contribution in [-0.2, 0) is 19.6 Å². The summed E-state index contributed by atoms with van der Waals surface area (Å²) in [6.45, 7) is 5.47. The second-order valence-corrected chi connectivity index (χ2v) is 9.85. The molecule has 2 N–H and O–H groups in total. The fourth-order valence-corrected chi connectivity index (χ4v) is 5.78. The molecule has 0 spiro atoms. The summed E-state index contributed by atoms with van der Waals surface area (Å²) >= 11 is 0. The van der Waals surface area contributed by atoms with Gasteiger partial charge in [-0.25, -0.2) is 8.42 Å². The SMILES string of the molecule is Cc1ccc(NC(=O)[C@H]2CCCN2S(=O)(=O)c2cc3c(cc2C)NC(=O)[C@@H](C)O3)cc1. The zero-order valence-corrected chi connectivity index (χ0v) is 18.5. The number of aryl methyl sites for hydroxylation is 2. The summed E-state index contributed by atoms with van der Waals surface area (Å²) in [4.78, 5) is 24.8. The minimum Gasteiger partial charge on any atom is -0.479 e. The summed E-state index contributed by atoms with van der Waals surface area (Å²) < 4.78 is 33.8. The van der Waals surface area contributed by atoms with Crippen LogP contribution in [0.5, 0.6) is 5.75 Å². The predicted octanol–water partition coefficient (Wildman–Crippen LogP) is 2.81. The van der Waals surface area contributed by atoms with Crippen molar-refractivity contribution in [1.29, 1.82) is 0 Å². The number of ether oxygens (including phenoxy) is 1. The molecule has 0 aliphatic carbocycles. The number of fused-ring (bicyclic) bond motifs is 1. The highest BCUT2D eigenvalue weighted by Gasteiger charge is 2.40. The molecule has 2 aliphatic heterocycles. The minimum absolute atomic E-state index is 0.0737. The predicted molar refractivity (Wildman–Crippen MR) is 117 cm³/mol. The van der Waals surface area contributed by atoms with Crippen molar-refractivity contribution < 1.29 is 22.7 Å². The van der Waals surface area contributed by atoms with Crippen molar-refractivity contribution >= 4 is 33.2 Å². The second-order valence-electron chi connectivity index (χ2n) is 7.99. The van der Waals surface area contributed by atoms with Gasteiger partial charge in [-0.1, -0.05) is 17.7 Å². The molecule has 0 bridgehead atoms. The normalized spacial score (nSPS) is 21.2. The molecular formula is C22H25N3O5S. The van der Waals surface area contributed by atoms with E-state index in [1.165, 1.54) is 10.4 Å². The van der Waals surface area contributed by atoms with Crippen LogP contribution in [0.15, 0.2) is 41.3 Å². The highest BCUT2D eigenvalue weighted by molar-refractivity contribution is 7.89. The molecule has 0 unspecified atom stereocenters. The van der Waals surface area contributed by atoms with Crippen LogP contribution in [0.4, 0.5) is 11.4 Å². The van der Waals surface area contributed by atoms with Crippen LogP contribution < -0.4 is 15.4 Å². The molecular weight excluding hydrogens is 418 g/mol. The zero-order chi connectivity index (χ0) is 22.3. The Morgan fingerprint density at radius 2 is 1.90 bits per heavy atom. The van der Waals surface area contributed by atoms with E-state index in [2.05, 4.69) is 10.6 Å². The average molecular weight is 444 g/mol. The monoisotopic (exact) mass is 443 g/mol. The lowest BCUT2D eigenvalue weighted by Crippen LogP contribution is -2.43. The maximum Gasteiger partial charge on any atom is 0.265 e. The Morgan fingerprint density at radius 1 is 1.19 bits per heavy atom. The van der Waals surface area contributed by atoms with Crippen molar-refractivity contribution in [2.75, 3.05) is 17.2 Å². The Labute approximate surface area is 181 Å². The molecule has 4 rings (SSSR count). The molecule has 8 nitrogen and oxygen atoms in total. The summed E-state index contributed by atoms with van der Waals surface area (Å²) in [5, 5.41) is 5.54. The van der Waals surface area contributed by atoms with Crippen LogP contribution in [0, 0.1) is 13.8 Å². The van der Waals surface area contributed by atoms with Gasteiger partial charge >= 0.3 is 0 Å². The van der Waals surface area contributed by atoms with Gasteiger partial charge in [-0.15, -0.1) is 0 Å². The fourth-order valence-electron chi connectivity index (χ4n) is 3.90. The molecule has 1 fully saturated rings. The third kappa shape index (κ3) is 4.03. The van der Waals surface area contributed by atoms with E-state index in [-0.39, 0.29) is 23.3 Å². The van der Waals surface area contributed by atoms with Gasteiger partial charge in [0.15, 0.2) is 6.10 Å². The summed E-state index contributed by atoms with van der Waals surface area (Å²) in [5.41, 5.74) is 2.61. The average Bonchev–Trinajstić information content (AvgIpc) is 3.21. The Kier molecular flexibility index (Phi) is 5.49.